The molecular formula is C28H38N6O3. The molecule has 0 radical (unpaired) electrons. The second kappa shape index (κ2) is 10.9. The van der Waals surface area contributed by atoms with E-state index in [0.717, 1.165) is 29.6 Å². The van der Waals surface area contributed by atoms with Gasteiger partial charge in [0.15, 0.2) is 0 Å². The lowest BCUT2D eigenvalue weighted by Gasteiger charge is -2.36. The fourth-order valence-corrected chi connectivity index (χ4v) is 5.44. The number of nitrogens with zero attached hydrogens (tertiary/aromatic N) is 4. The minimum absolute atomic E-state index is 0.134. The van der Waals surface area contributed by atoms with E-state index in [0.29, 0.717) is 38.6 Å². The largest absolute Gasteiger partial charge is 0.338 e. The third kappa shape index (κ3) is 5.61. The van der Waals surface area contributed by atoms with Crippen molar-refractivity contribution in [2.24, 2.45) is 10.9 Å². The van der Waals surface area contributed by atoms with E-state index in [4.69, 9.17) is 0 Å². The summed E-state index contributed by atoms with van der Waals surface area (Å²) >= 11 is 0. The number of likely N-dealkylation sites (tertiary alicyclic amines) is 1. The zero-order valence-corrected chi connectivity index (χ0v) is 22.3. The van der Waals surface area contributed by atoms with E-state index in [1.807, 2.05) is 63.2 Å². The number of amides is 4. The molecule has 0 aliphatic carbocycles. The number of carbonyl (C=O) groups is 3. The molecule has 0 aromatic heterocycles. The number of hydrogen-bond donors (Lipinski definition) is 2. The van der Waals surface area contributed by atoms with Gasteiger partial charge in [0, 0.05) is 25.2 Å². The van der Waals surface area contributed by atoms with Crippen LogP contribution in [0.15, 0.2) is 59.1 Å². The van der Waals surface area contributed by atoms with Gasteiger partial charge in [-0.1, -0.05) is 36.9 Å². The van der Waals surface area contributed by atoms with Gasteiger partial charge in [-0.15, -0.1) is 0 Å². The van der Waals surface area contributed by atoms with Crippen molar-refractivity contribution in [2.45, 2.75) is 38.3 Å². The van der Waals surface area contributed by atoms with Gasteiger partial charge in [0.2, 0.25) is 11.8 Å². The first-order chi connectivity index (χ1) is 17.6. The molecule has 1 aromatic carbocycles. The van der Waals surface area contributed by atoms with Crippen molar-refractivity contribution in [3.63, 3.8) is 0 Å². The molecule has 0 spiro atoms. The Morgan fingerprint density at radius 3 is 2.65 bits per heavy atom. The van der Waals surface area contributed by atoms with Crippen LogP contribution in [0.1, 0.15) is 38.3 Å². The van der Waals surface area contributed by atoms with E-state index in [2.05, 4.69) is 27.1 Å². The Kier molecular flexibility index (Phi) is 7.82. The lowest BCUT2D eigenvalue weighted by atomic mass is 9.94. The third-order valence-corrected chi connectivity index (χ3v) is 7.59. The highest BCUT2D eigenvalue weighted by molar-refractivity contribution is 6.11. The van der Waals surface area contributed by atoms with E-state index in [1.165, 1.54) is 6.08 Å². The number of benzene rings is 1. The van der Waals surface area contributed by atoms with E-state index < -0.39 is 5.54 Å². The number of carbonyl (C=O) groups excluding carboxylic acids is 3. The van der Waals surface area contributed by atoms with Gasteiger partial charge < -0.3 is 25.3 Å². The topological polar surface area (TPSA) is 97.4 Å². The predicted octanol–water partition coefficient (Wildman–Crippen LogP) is 2.34. The Labute approximate surface area is 219 Å². The van der Waals surface area contributed by atoms with Crippen LogP contribution in [-0.2, 0) is 9.59 Å². The number of nitrogens with one attached hydrogen (secondary N) is 2. The van der Waals surface area contributed by atoms with Crippen LogP contribution in [0.3, 0.4) is 0 Å². The minimum Gasteiger partial charge on any atom is -0.338 e. The molecule has 0 saturated carbocycles. The van der Waals surface area contributed by atoms with Gasteiger partial charge >= 0.3 is 6.03 Å². The van der Waals surface area contributed by atoms with Crippen molar-refractivity contribution >= 4 is 23.7 Å². The number of likely N-dealkylation sites (N-methyl/N-ethyl adjacent to an activating group) is 1. The Morgan fingerprint density at radius 1 is 1.24 bits per heavy atom. The van der Waals surface area contributed by atoms with Crippen LogP contribution in [0.4, 0.5) is 4.79 Å². The van der Waals surface area contributed by atoms with Crippen molar-refractivity contribution < 1.29 is 14.4 Å². The fourth-order valence-electron chi connectivity index (χ4n) is 5.44. The highest BCUT2D eigenvalue weighted by Crippen LogP contribution is 2.38. The molecule has 3 heterocycles. The summed E-state index contributed by atoms with van der Waals surface area (Å²) in [5.41, 5.74) is 2.47. The number of rotatable bonds is 6. The summed E-state index contributed by atoms with van der Waals surface area (Å²) in [7, 11) is 3.98. The maximum atomic E-state index is 13.6. The predicted molar refractivity (Wildman–Crippen MR) is 144 cm³/mol. The van der Waals surface area contributed by atoms with Gasteiger partial charge in [0.1, 0.15) is 5.84 Å². The van der Waals surface area contributed by atoms with Crippen molar-refractivity contribution in [3.8, 4) is 0 Å². The molecule has 9 nitrogen and oxygen atoms in total. The Morgan fingerprint density at radius 2 is 1.97 bits per heavy atom. The summed E-state index contributed by atoms with van der Waals surface area (Å²) in [4.78, 5) is 48.9. The van der Waals surface area contributed by atoms with Crippen LogP contribution in [0.25, 0.3) is 0 Å². The molecule has 2 N–H and O–H groups in total. The Balaban J connectivity index is 1.43. The molecule has 1 fully saturated rings. The standard InChI is InChI=1S/C28H38N6O3/c1-6-24(35)33-14-10-13-20(16-33)26(36)31-25-21-17-34(28(2,3)22(21)15-29-25)27(37)30-23(18-32(4)5)19-11-8-7-9-12-19/h6-9,11-12,20,23H,1,10,13-18H2,2-5H3,(H,30,37)(H,29,31,36)/t20-,23-/m1/s1. The third-order valence-electron chi connectivity index (χ3n) is 7.59. The van der Waals surface area contributed by atoms with Gasteiger partial charge in [-0.05, 0) is 58.0 Å². The van der Waals surface area contributed by atoms with Crippen molar-refractivity contribution in [1.82, 2.24) is 25.3 Å². The molecule has 2 atom stereocenters. The first kappa shape index (κ1) is 26.6. The minimum atomic E-state index is -0.535. The van der Waals surface area contributed by atoms with Crippen molar-refractivity contribution in [2.75, 3.05) is 46.8 Å². The fraction of sp³-hybridized carbons (Fsp3) is 0.500. The summed E-state index contributed by atoms with van der Waals surface area (Å²) in [5.74, 6) is -0.0345. The van der Waals surface area contributed by atoms with E-state index in [-0.39, 0.29) is 29.8 Å². The molecule has 1 saturated heterocycles. The maximum Gasteiger partial charge on any atom is 0.318 e. The molecule has 0 unspecified atom stereocenters. The molecule has 3 aliphatic rings. The highest BCUT2D eigenvalue weighted by atomic mass is 16.2. The van der Waals surface area contributed by atoms with Crippen molar-refractivity contribution in [1.29, 1.82) is 0 Å². The number of amidine groups is 1. The molecule has 1 aromatic rings. The van der Waals surface area contributed by atoms with E-state index >= 15 is 0 Å². The molecule has 37 heavy (non-hydrogen) atoms. The van der Waals surface area contributed by atoms with E-state index in [9.17, 15) is 14.4 Å². The molecule has 0 bridgehead atoms. The molecule has 3 aliphatic heterocycles. The molecule has 4 amide bonds. The average molecular weight is 507 g/mol. The van der Waals surface area contributed by atoms with Crippen LogP contribution >= 0.6 is 0 Å². The quantitative estimate of drug-likeness (QED) is 0.579. The van der Waals surface area contributed by atoms with Crippen LogP contribution < -0.4 is 10.6 Å². The lowest BCUT2D eigenvalue weighted by Crippen LogP contribution is -2.52. The maximum absolute atomic E-state index is 13.6. The highest BCUT2D eigenvalue weighted by Gasteiger charge is 2.46. The van der Waals surface area contributed by atoms with Gasteiger partial charge in [0.25, 0.3) is 0 Å². The lowest BCUT2D eigenvalue weighted by molar-refractivity contribution is -0.131. The molecule has 4 rings (SSSR count). The zero-order valence-electron chi connectivity index (χ0n) is 22.3. The van der Waals surface area contributed by atoms with Crippen LogP contribution in [0.5, 0.6) is 0 Å². The summed E-state index contributed by atoms with van der Waals surface area (Å²) in [6, 6.07) is 9.66. The van der Waals surface area contributed by atoms with Crippen LogP contribution in [0.2, 0.25) is 0 Å². The van der Waals surface area contributed by atoms with Gasteiger partial charge in [-0.3, -0.25) is 14.6 Å². The summed E-state index contributed by atoms with van der Waals surface area (Å²) in [5, 5.41) is 6.24. The normalized spacial score (nSPS) is 21.4. The second-order valence-electron chi connectivity index (χ2n) is 10.8. The van der Waals surface area contributed by atoms with Crippen LogP contribution in [-0.4, -0.2) is 90.7 Å². The SMILES string of the molecule is C=CC(=O)N1CCC[C@@H](C(=O)NC2=NCC3=C2CN(C(=O)N[C@H](CN(C)C)c2ccccc2)C3(C)C)C1. The molecular weight excluding hydrogens is 468 g/mol. The number of hydrogen-bond acceptors (Lipinski definition) is 5. The Hall–Kier alpha value is -3.46. The first-order valence-corrected chi connectivity index (χ1v) is 12.9. The van der Waals surface area contributed by atoms with Crippen LogP contribution in [0, 0.1) is 5.92 Å². The second-order valence-corrected chi connectivity index (χ2v) is 10.8. The number of piperidine rings is 1. The van der Waals surface area contributed by atoms with Gasteiger partial charge in [0.05, 0.1) is 30.6 Å². The summed E-state index contributed by atoms with van der Waals surface area (Å²) < 4.78 is 0. The van der Waals surface area contributed by atoms with Gasteiger partial charge in [-0.2, -0.15) is 0 Å². The first-order valence-electron chi connectivity index (χ1n) is 12.9. The average Bonchev–Trinajstić information content (AvgIpc) is 3.41. The number of aliphatic imine (C=N–C) groups is 1. The number of urea groups is 1. The smallest absolute Gasteiger partial charge is 0.318 e. The van der Waals surface area contributed by atoms with Crippen molar-refractivity contribution in [3.05, 3.63) is 59.7 Å². The zero-order chi connectivity index (χ0) is 26.7. The monoisotopic (exact) mass is 506 g/mol. The van der Waals surface area contributed by atoms with E-state index in [1.54, 1.807) is 4.90 Å². The molecule has 198 valence electrons. The Bertz CT molecular complexity index is 1120. The molecule has 9 heteroatoms. The summed E-state index contributed by atoms with van der Waals surface area (Å²) in [6.45, 7) is 10.1. The summed E-state index contributed by atoms with van der Waals surface area (Å²) in [6.07, 6.45) is 2.78. The van der Waals surface area contributed by atoms with Gasteiger partial charge in [-0.25, -0.2) is 4.79 Å².